The van der Waals surface area contributed by atoms with Gasteiger partial charge in [-0.3, -0.25) is 0 Å². The Hall–Kier alpha value is -0.960. The number of aromatic nitrogens is 1. The van der Waals surface area contributed by atoms with Gasteiger partial charge in [-0.1, -0.05) is 0 Å². The molecule has 0 amide bonds. The van der Waals surface area contributed by atoms with E-state index in [0.717, 1.165) is 12.8 Å². The summed E-state index contributed by atoms with van der Waals surface area (Å²) in [5.41, 5.74) is 1.23. The van der Waals surface area contributed by atoms with Crippen molar-refractivity contribution < 1.29 is 4.74 Å². The van der Waals surface area contributed by atoms with Gasteiger partial charge in [0.2, 0.25) is 5.88 Å². The van der Waals surface area contributed by atoms with Gasteiger partial charge in [0.1, 0.15) is 0 Å². The molecule has 4 heteroatoms. The highest BCUT2D eigenvalue weighted by atomic mass is 35.5. The monoisotopic (exact) mass is 252 g/mol. The van der Waals surface area contributed by atoms with Crippen LogP contribution in [0.4, 0.5) is 5.69 Å². The van der Waals surface area contributed by atoms with Crippen LogP contribution in [0.2, 0.25) is 0 Å². The van der Waals surface area contributed by atoms with Crippen LogP contribution < -0.4 is 9.64 Å². The van der Waals surface area contributed by atoms with Crippen LogP contribution in [0.5, 0.6) is 5.88 Å². The van der Waals surface area contributed by atoms with Crippen molar-refractivity contribution in [3.63, 3.8) is 0 Å². The first-order chi connectivity index (χ1) is 8.28. The third-order valence-corrected chi connectivity index (χ3v) is 4.26. The summed E-state index contributed by atoms with van der Waals surface area (Å²) in [7, 11) is 1.66. The minimum atomic E-state index is 0.354. The quantitative estimate of drug-likeness (QED) is 0.757. The van der Waals surface area contributed by atoms with Crippen LogP contribution in [0.3, 0.4) is 0 Å². The first kappa shape index (κ1) is 11.1. The number of nitrogens with zero attached hydrogens (tertiary/aromatic N) is 2. The van der Waals surface area contributed by atoms with Gasteiger partial charge in [0.05, 0.1) is 7.11 Å². The maximum absolute atomic E-state index is 6.29. The number of pyridine rings is 1. The van der Waals surface area contributed by atoms with Crippen LogP contribution in [-0.4, -0.2) is 29.6 Å². The van der Waals surface area contributed by atoms with E-state index in [9.17, 15) is 0 Å². The fraction of sp³-hybridized carbons (Fsp3) is 0.615. The molecule has 0 radical (unpaired) electrons. The van der Waals surface area contributed by atoms with Crippen molar-refractivity contribution >= 4 is 17.3 Å². The molecule has 3 rings (SSSR count). The molecule has 17 heavy (non-hydrogen) atoms. The Labute approximate surface area is 107 Å². The summed E-state index contributed by atoms with van der Waals surface area (Å²) in [5, 5.41) is 0.354. The lowest BCUT2D eigenvalue weighted by atomic mass is 10.0. The van der Waals surface area contributed by atoms with Gasteiger partial charge >= 0.3 is 0 Å². The molecule has 2 aliphatic heterocycles. The number of fused-ring (bicyclic) bond motifs is 2. The molecule has 0 aliphatic carbocycles. The Morgan fingerprint density at radius 2 is 2.06 bits per heavy atom. The Balaban J connectivity index is 1.89. The fourth-order valence-electron chi connectivity index (χ4n) is 3.20. The second-order valence-corrected chi connectivity index (χ2v) is 5.53. The zero-order valence-electron chi connectivity index (χ0n) is 9.97. The Morgan fingerprint density at radius 1 is 1.35 bits per heavy atom. The van der Waals surface area contributed by atoms with Gasteiger partial charge in [-0.25, -0.2) is 4.98 Å². The van der Waals surface area contributed by atoms with E-state index < -0.39 is 0 Å². The fourth-order valence-corrected chi connectivity index (χ4v) is 3.61. The molecule has 1 aromatic heterocycles. The molecule has 2 bridgehead atoms. The third-order valence-electron chi connectivity index (χ3n) is 3.90. The van der Waals surface area contributed by atoms with E-state index in [4.69, 9.17) is 16.3 Å². The number of ether oxygens (including phenoxy) is 1. The second kappa shape index (κ2) is 4.37. The lowest BCUT2D eigenvalue weighted by molar-refractivity contribution is 0.397. The van der Waals surface area contributed by atoms with E-state index in [0.29, 0.717) is 23.3 Å². The highest BCUT2D eigenvalue weighted by Crippen LogP contribution is 2.41. The number of halogens is 1. The topological polar surface area (TPSA) is 25.4 Å². The summed E-state index contributed by atoms with van der Waals surface area (Å²) in [5.74, 6) is 0.690. The second-order valence-electron chi connectivity index (χ2n) is 4.92. The molecule has 0 N–H and O–H groups in total. The molecule has 1 aromatic rings. The van der Waals surface area contributed by atoms with Crippen molar-refractivity contribution in [3.8, 4) is 5.88 Å². The predicted molar refractivity (Wildman–Crippen MR) is 69.0 cm³/mol. The van der Waals surface area contributed by atoms with Gasteiger partial charge in [-0.15, -0.1) is 11.6 Å². The molecule has 0 spiro atoms. The average Bonchev–Trinajstić information content (AvgIpc) is 2.62. The number of rotatable bonds is 2. The molecule has 3 nitrogen and oxygen atoms in total. The van der Waals surface area contributed by atoms with Crippen molar-refractivity contribution in [3.05, 3.63) is 18.3 Å². The van der Waals surface area contributed by atoms with E-state index in [2.05, 4.69) is 16.0 Å². The highest BCUT2D eigenvalue weighted by Gasteiger charge is 2.40. The molecule has 0 aromatic carbocycles. The number of anilines is 1. The van der Waals surface area contributed by atoms with Crippen molar-refractivity contribution in [1.82, 2.24) is 4.98 Å². The SMILES string of the molecule is COc1cc(N2C3CCC2CC(Cl)C3)ccn1. The van der Waals surface area contributed by atoms with Crippen molar-refractivity contribution in [2.75, 3.05) is 12.0 Å². The Bertz CT molecular complexity index is 398. The Morgan fingerprint density at radius 3 is 2.71 bits per heavy atom. The number of methoxy groups -OCH3 is 1. The largest absolute Gasteiger partial charge is 0.481 e. The molecule has 0 saturated carbocycles. The first-order valence-electron chi connectivity index (χ1n) is 6.20. The molecular formula is C13H17ClN2O. The normalized spacial score (nSPS) is 31.6. The predicted octanol–water partition coefficient (Wildman–Crippen LogP) is 2.83. The summed E-state index contributed by atoms with van der Waals surface area (Å²) >= 11 is 6.29. The standard InChI is InChI=1S/C13H17ClN2O/c1-17-13-8-12(4-5-15-13)16-10-2-3-11(16)7-9(14)6-10/h4-5,8-11H,2-3,6-7H2,1H3. The number of piperidine rings is 1. The summed E-state index contributed by atoms with van der Waals surface area (Å²) < 4.78 is 5.19. The van der Waals surface area contributed by atoms with Gasteiger partial charge < -0.3 is 9.64 Å². The number of hydrogen-bond acceptors (Lipinski definition) is 3. The minimum Gasteiger partial charge on any atom is -0.481 e. The van der Waals surface area contributed by atoms with E-state index in [1.807, 2.05) is 12.3 Å². The zero-order chi connectivity index (χ0) is 11.8. The van der Waals surface area contributed by atoms with Crippen LogP contribution in [0, 0.1) is 0 Å². The third kappa shape index (κ3) is 1.97. The van der Waals surface area contributed by atoms with E-state index >= 15 is 0 Å². The number of alkyl halides is 1. The molecule has 92 valence electrons. The van der Waals surface area contributed by atoms with Gasteiger partial charge in [0, 0.05) is 35.4 Å². The Kier molecular flexibility index (Phi) is 2.87. The van der Waals surface area contributed by atoms with Gasteiger partial charge in [0.15, 0.2) is 0 Å². The smallest absolute Gasteiger partial charge is 0.214 e. The lowest BCUT2D eigenvalue weighted by Crippen LogP contribution is -2.43. The van der Waals surface area contributed by atoms with Crippen LogP contribution in [0.1, 0.15) is 25.7 Å². The van der Waals surface area contributed by atoms with E-state index in [1.54, 1.807) is 7.11 Å². The maximum Gasteiger partial charge on any atom is 0.214 e. The number of hydrogen-bond donors (Lipinski definition) is 0. The van der Waals surface area contributed by atoms with Crippen molar-refractivity contribution in [1.29, 1.82) is 0 Å². The summed E-state index contributed by atoms with van der Waals surface area (Å²) in [6.45, 7) is 0. The molecule has 3 heterocycles. The van der Waals surface area contributed by atoms with Crippen LogP contribution in [0.25, 0.3) is 0 Å². The summed E-state index contributed by atoms with van der Waals surface area (Å²) in [6, 6.07) is 5.30. The molecule has 2 saturated heterocycles. The van der Waals surface area contributed by atoms with Gasteiger partial charge in [0.25, 0.3) is 0 Å². The zero-order valence-corrected chi connectivity index (χ0v) is 10.7. The summed E-state index contributed by atoms with van der Waals surface area (Å²) in [6.07, 6.45) is 6.54. The van der Waals surface area contributed by atoms with Crippen LogP contribution in [0.15, 0.2) is 18.3 Å². The molecule has 2 aliphatic rings. The van der Waals surface area contributed by atoms with Crippen molar-refractivity contribution in [2.24, 2.45) is 0 Å². The van der Waals surface area contributed by atoms with E-state index in [-0.39, 0.29) is 0 Å². The molecule has 2 atom stereocenters. The van der Waals surface area contributed by atoms with Crippen LogP contribution >= 0.6 is 11.6 Å². The van der Waals surface area contributed by atoms with E-state index in [1.165, 1.54) is 18.5 Å². The highest BCUT2D eigenvalue weighted by molar-refractivity contribution is 6.20. The molecule has 2 unspecified atom stereocenters. The average molecular weight is 253 g/mol. The first-order valence-corrected chi connectivity index (χ1v) is 6.64. The summed E-state index contributed by atoms with van der Waals surface area (Å²) in [4.78, 5) is 6.68. The van der Waals surface area contributed by atoms with Crippen molar-refractivity contribution in [2.45, 2.75) is 43.1 Å². The van der Waals surface area contributed by atoms with Crippen LogP contribution in [-0.2, 0) is 0 Å². The maximum atomic E-state index is 6.29. The molecule has 2 fully saturated rings. The molecular weight excluding hydrogens is 236 g/mol. The lowest BCUT2D eigenvalue weighted by Gasteiger charge is -2.38. The minimum absolute atomic E-state index is 0.354. The van der Waals surface area contributed by atoms with Gasteiger partial charge in [-0.2, -0.15) is 0 Å². The van der Waals surface area contributed by atoms with Gasteiger partial charge in [-0.05, 0) is 31.7 Å².